The van der Waals surface area contributed by atoms with Crippen molar-refractivity contribution in [1.82, 2.24) is 9.80 Å². The molecule has 2 aromatic rings. The van der Waals surface area contributed by atoms with Crippen LogP contribution in [0.2, 0.25) is 0 Å². The van der Waals surface area contributed by atoms with Crippen molar-refractivity contribution in [2.24, 2.45) is 0 Å². The van der Waals surface area contributed by atoms with E-state index in [9.17, 15) is 14.9 Å². The van der Waals surface area contributed by atoms with Crippen molar-refractivity contribution in [3.8, 4) is 11.5 Å². The van der Waals surface area contributed by atoms with E-state index in [2.05, 4.69) is 4.90 Å². The summed E-state index contributed by atoms with van der Waals surface area (Å²) < 4.78 is 10.4. The van der Waals surface area contributed by atoms with E-state index >= 15 is 0 Å². The number of nitrogens with zero attached hydrogens (tertiary/aromatic N) is 3. The predicted octanol–water partition coefficient (Wildman–Crippen LogP) is 2.57. The molecule has 0 radical (unpaired) electrons. The van der Waals surface area contributed by atoms with Crippen LogP contribution >= 0.6 is 0 Å². The van der Waals surface area contributed by atoms with E-state index in [0.717, 1.165) is 25.4 Å². The number of hydrogen-bond acceptors (Lipinski definition) is 6. The molecule has 0 N–H and O–H groups in total. The molecule has 2 aromatic carbocycles. The van der Waals surface area contributed by atoms with E-state index < -0.39 is 4.92 Å². The summed E-state index contributed by atoms with van der Waals surface area (Å²) in [5, 5.41) is 11.0. The quantitative estimate of drug-likeness (QED) is 0.561. The summed E-state index contributed by atoms with van der Waals surface area (Å²) in [5.41, 5.74) is 1.28. The Hall–Kier alpha value is -3.13. The number of non-ortho nitro benzene ring substituents is 1. The Morgan fingerprint density at radius 2 is 1.71 bits per heavy atom. The minimum absolute atomic E-state index is 0.123. The summed E-state index contributed by atoms with van der Waals surface area (Å²) in [6.45, 7) is 3.37. The van der Waals surface area contributed by atoms with Crippen LogP contribution in [0.1, 0.15) is 15.9 Å². The molecule has 8 nitrogen and oxygen atoms in total. The standard InChI is InChI=1S/C20H23N3O5/c1-27-17-6-3-15(4-7-17)14-21-9-11-22(12-10-21)20(24)18-13-16(23(25)26)5-8-19(18)28-2/h3-8,13H,9-12,14H2,1-2H3. The predicted molar refractivity (Wildman–Crippen MR) is 104 cm³/mol. The second-order valence-electron chi connectivity index (χ2n) is 6.56. The van der Waals surface area contributed by atoms with Crippen LogP contribution in [0.25, 0.3) is 0 Å². The molecular formula is C20H23N3O5. The molecule has 0 aliphatic carbocycles. The van der Waals surface area contributed by atoms with E-state index in [0.29, 0.717) is 18.8 Å². The summed E-state index contributed by atoms with van der Waals surface area (Å²) in [5.74, 6) is 0.922. The summed E-state index contributed by atoms with van der Waals surface area (Å²) in [6.07, 6.45) is 0. The van der Waals surface area contributed by atoms with E-state index in [-0.39, 0.29) is 17.2 Å². The maximum Gasteiger partial charge on any atom is 0.270 e. The molecule has 1 heterocycles. The normalized spacial score (nSPS) is 14.6. The number of piperazine rings is 1. The highest BCUT2D eigenvalue weighted by Gasteiger charge is 2.26. The minimum atomic E-state index is -0.511. The largest absolute Gasteiger partial charge is 0.497 e. The molecule has 0 unspecified atom stereocenters. The van der Waals surface area contributed by atoms with Crippen LogP contribution in [0.15, 0.2) is 42.5 Å². The molecule has 1 amide bonds. The van der Waals surface area contributed by atoms with Crippen LogP contribution in [0.3, 0.4) is 0 Å². The third-order valence-electron chi connectivity index (χ3n) is 4.85. The number of carbonyl (C=O) groups excluding carboxylic acids is 1. The Bertz CT molecular complexity index is 845. The SMILES string of the molecule is COc1ccc(CN2CCN(C(=O)c3cc([N+](=O)[O-])ccc3OC)CC2)cc1. The van der Waals surface area contributed by atoms with Crippen LogP contribution in [0, 0.1) is 10.1 Å². The van der Waals surface area contributed by atoms with Gasteiger partial charge in [0.05, 0.1) is 24.7 Å². The highest BCUT2D eigenvalue weighted by atomic mass is 16.6. The van der Waals surface area contributed by atoms with Gasteiger partial charge in [-0.2, -0.15) is 0 Å². The van der Waals surface area contributed by atoms with Crippen molar-refractivity contribution in [2.45, 2.75) is 6.54 Å². The Morgan fingerprint density at radius 1 is 1.04 bits per heavy atom. The zero-order chi connectivity index (χ0) is 20.1. The van der Waals surface area contributed by atoms with Gasteiger partial charge in [0.15, 0.2) is 0 Å². The van der Waals surface area contributed by atoms with Gasteiger partial charge in [0.25, 0.3) is 11.6 Å². The molecule has 0 bridgehead atoms. The molecule has 0 aromatic heterocycles. The Kier molecular flexibility index (Phi) is 6.10. The van der Waals surface area contributed by atoms with Crippen molar-refractivity contribution in [3.63, 3.8) is 0 Å². The number of rotatable bonds is 6. The van der Waals surface area contributed by atoms with E-state index in [1.54, 1.807) is 12.0 Å². The fourth-order valence-electron chi connectivity index (χ4n) is 3.25. The fraction of sp³-hybridized carbons (Fsp3) is 0.350. The van der Waals surface area contributed by atoms with Gasteiger partial charge in [0, 0.05) is 44.9 Å². The topological polar surface area (TPSA) is 85.2 Å². The van der Waals surface area contributed by atoms with Gasteiger partial charge < -0.3 is 14.4 Å². The molecule has 8 heteroatoms. The number of amides is 1. The number of ether oxygens (including phenoxy) is 2. The van der Waals surface area contributed by atoms with E-state index in [1.807, 2.05) is 24.3 Å². The third-order valence-corrected chi connectivity index (χ3v) is 4.85. The van der Waals surface area contributed by atoms with Gasteiger partial charge in [0.2, 0.25) is 0 Å². The lowest BCUT2D eigenvalue weighted by atomic mass is 10.1. The number of nitro groups is 1. The monoisotopic (exact) mass is 385 g/mol. The first-order chi connectivity index (χ1) is 13.5. The van der Waals surface area contributed by atoms with Gasteiger partial charge in [0.1, 0.15) is 11.5 Å². The first-order valence-electron chi connectivity index (χ1n) is 8.99. The Balaban J connectivity index is 1.63. The molecule has 1 saturated heterocycles. The molecule has 148 valence electrons. The third kappa shape index (κ3) is 4.40. The molecule has 28 heavy (non-hydrogen) atoms. The number of nitro benzene ring substituents is 1. The molecule has 1 aliphatic rings. The lowest BCUT2D eigenvalue weighted by Gasteiger charge is -2.35. The molecule has 0 atom stereocenters. The highest BCUT2D eigenvalue weighted by Crippen LogP contribution is 2.26. The molecule has 0 saturated carbocycles. The van der Waals surface area contributed by atoms with Crippen LogP contribution in [-0.4, -0.2) is 61.0 Å². The first kappa shape index (κ1) is 19.6. The average molecular weight is 385 g/mol. The van der Waals surface area contributed by atoms with Gasteiger partial charge in [-0.1, -0.05) is 12.1 Å². The average Bonchev–Trinajstić information content (AvgIpc) is 2.73. The Morgan fingerprint density at radius 3 is 2.29 bits per heavy atom. The maximum atomic E-state index is 12.9. The molecule has 3 rings (SSSR count). The zero-order valence-electron chi connectivity index (χ0n) is 16.0. The number of hydrogen-bond donors (Lipinski definition) is 0. The molecular weight excluding hydrogens is 362 g/mol. The minimum Gasteiger partial charge on any atom is -0.497 e. The van der Waals surface area contributed by atoms with Gasteiger partial charge in [-0.15, -0.1) is 0 Å². The van der Waals surface area contributed by atoms with Crippen molar-refractivity contribution < 1.29 is 19.2 Å². The van der Waals surface area contributed by atoms with E-state index in [4.69, 9.17) is 9.47 Å². The number of benzene rings is 2. The lowest BCUT2D eigenvalue weighted by molar-refractivity contribution is -0.384. The zero-order valence-corrected chi connectivity index (χ0v) is 16.0. The van der Waals surface area contributed by atoms with Gasteiger partial charge in [-0.3, -0.25) is 19.8 Å². The molecule has 0 spiro atoms. The van der Waals surface area contributed by atoms with Crippen LogP contribution in [0.4, 0.5) is 5.69 Å². The van der Waals surface area contributed by atoms with Gasteiger partial charge >= 0.3 is 0 Å². The fourth-order valence-corrected chi connectivity index (χ4v) is 3.25. The number of carbonyl (C=O) groups is 1. The Labute approximate surface area is 163 Å². The summed E-state index contributed by atoms with van der Waals surface area (Å²) in [4.78, 5) is 27.4. The smallest absolute Gasteiger partial charge is 0.270 e. The van der Waals surface area contributed by atoms with Crippen molar-refractivity contribution in [1.29, 1.82) is 0 Å². The van der Waals surface area contributed by atoms with Gasteiger partial charge in [-0.25, -0.2) is 0 Å². The van der Waals surface area contributed by atoms with Gasteiger partial charge in [-0.05, 0) is 23.8 Å². The lowest BCUT2D eigenvalue weighted by Crippen LogP contribution is -2.48. The summed E-state index contributed by atoms with van der Waals surface area (Å²) >= 11 is 0. The summed E-state index contributed by atoms with van der Waals surface area (Å²) in [6, 6.07) is 12.0. The summed E-state index contributed by atoms with van der Waals surface area (Å²) in [7, 11) is 3.09. The second kappa shape index (κ2) is 8.71. The van der Waals surface area contributed by atoms with Crippen LogP contribution in [0.5, 0.6) is 11.5 Å². The first-order valence-corrected chi connectivity index (χ1v) is 8.99. The van der Waals surface area contributed by atoms with Crippen LogP contribution < -0.4 is 9.47 Å². The van der Waals surface area contributed by atoms with Crippen molar-refractivity contribution >= 4 is 11.6 Å². The molecule has 1 fully saturated rings. The van der Waals surface area contributed by atoms with Crippen LogP contribution in [-0.2, 0) is 6.54 Å². The second-order valence-corrected chi connectivity index (χ2v) is 6.56. The van der Waals surface area contributed by atoms with Crippen molar-refractivity contribution in [2.75, 3.05) is 40.4 Å². The maximum absolute atomic E-state index is 12.9. The van der Waals surface area contributed by atoms with Crippen molar-refractivity contribution in [3.05, 3.63) is 63.7 Å². The number of methoxy groups -OCH3 is 2. The highest BCUT2D eigenvalue weighted by molar-refractivity contribution is 5.97. The molecule has 1 aliphatic heterocycles. The van der Waals surface area contributed by atoms with E-state index in [1.165, 1.54) is 30.9 Å².